The van der Waals surface area contributed by atoms with Crippen LogP contribution >= 0.6 is 0 Å². The Balaban J connectivity index is 3.79. The SMILES string of the molecule is CCCCC(NCCN)C(=O)NO. The van der Waals surface area contributed by atoms with Gasteiger partial charge in [-0.05, 0) is 6.42 Å². The Bertz CT molecular complexity index is 133. The molecule has 0 rings (SSSR count). The first-order chi connectivity index (χ1) is 6.26. The summed E-state index contributed by atoms with van der Waals surface area (Å²) in [5.41, 5.74) is 6.93. The molecule has 0 aromatic heterocycles. The summed E-state index contributed by atoms with van der Waals surface area (Å²) < 4.78 is 0. The minimum atomic E-state index is -0.387. The summed E-state index contributed by atoms with van der Waals surface area (Å²) in [7, 11) is 0. The molecule has 0 saturated carbocycles. The van der Waals surface area contributed by atoms with E-state index in [4.69, 9.17) is 10.9 Å². The van der Waals surface area contributed by atoms with E-state index in [1.54, 1.807) is 5.48 Å². The molecule has 78 valence electrons. The Labute approximate surface area is 78.6 Å². The predicted molar refractivity (Wildman–Crippen MR) is 50.3 cm³/mol. The fraction of sp³-hybridized carbons (Fsp3) is 0.875. The van der Waals surface area contributed by atoms with Crippen LogP contribution in [0.2, 0.25) is 0 Å². The number of hydrogen-bond donors (Lipinski definition) is 4. The Morgan fingerprint density at radius 1 is 1.62 bits per heavy atom. The largest absolute Gasteiger partial charge is 0.329 e. The highest BCUT2D eigenvalue weighted by atomic mass is 16.5. The van der Waals surface area contributed by atoms with E-state index < -0.39 is 0 Å². The third kappa shape index (κ3) is 5.57. The molecule has 0 heterocycles. The van der Waals surface area contributed by atoms with Gasteiger partial charge in [0.05, 0.1) is 6.04 Å². The first kappa shape index (κ1) is 12.3. The van der Waals surface area contributed by atoms with E-state index in [1.807, 2.05) is 0 Å². The minimum absolute atomic E-state index is 0.325. The summed E-state index contributed by atoms with van der Waals surface area (Å²) in [6.45, 7) is 3.12. The highest BCUT2D eigenvalue weighted by Gasteiger charge is 2.15. The van der Waals surface area contributed by atoms with Crippen molar-refractivity contribution >= 4 is 5.91 Å². The second-order valence-corrected chi connectivity index (χ2v) is 2.91. The molecule has 0 fully saturated rings. The van der Waals surface area contributed by atoms with Gasteiger partial charge in [0.25, 0.3) is 5.91 Å². The Hall–Kier alpha value is -0.650. The third-order valence-corrected chi connectivity index (χ3v) is 1.81. The summed E-state index contributed by atoms with van der Waals surface area (Å²) in [4.78, 5) is 11.1. The van der Waals surface area contributed by atoms with Gasteiger partial charge >= 0.3 is 0 Å². The number of nitrogens with two attached hydrogens (primary N) is 1. The van der Waals surface area contributed by atoms with Crippen LogP contribution in [-0.4, -0.2) is 30.2 Å². The summed E-state index contributed by atoms with van der Waals surface area (Å²) in [5.74, 6) is -0.387. The summed E-state index contributed by atoms with van der Waals surface area (Å²) >= 11 is 0. The van der Waals surface area contributed by atoms with Crippen molar-refractivity contribution in [3.05, 3.63) is 0 Å². The highest BCUT2D eigenvalue weighted by Crippen LogP contribution is 2.00. The fourth-order valence-corrected chi connectivity index (χ4v) is 1.07. The summed E-state index contributed by atoms with van der Waals surface area (Å²) in [6.07, 6.45) is 2.71. The van der Waals surface area contributed by atoms with Gasteiger partial charge in [0.15, 0.2) is 0 Å². The molecule has 0 saturated heterocycles. The maximum atomic E-state index is 11.1. The van der Waals surface area contributed by atoms with Crippen LogP contribution in [0.1, 0.15) is 26.2 Å². The Morgan fingerprint density at radius 3 is 2.77 bits per heavy atom. The second-order valence-electron chi connectivity index (χ2n) is 2.91. The van der Waals surface area contributed by atoms with Gasteiger partial charge < -0.3 is 11.1 Å². The quantitative estimate of drug-likeness (QED) is 0.324. The van der Waals surface area contributed by atoms with Gasteiger partial charge in [0.1, 0.15) is 0 Å². The Kier molecular flexibility index (Phi) is 7.57. The van der Waals surface area contributed by atoms with Gasteiger partial charge in [0, 0.05) is 13.1 Å². The number of unbranched alkanes of at least 4 members (excludes halogenated alkanes) is 1. The van der Waals surface area contributed by atoms with E-state index in [9.17, 15) is 4.79 Å². The standard InChI is InChI=1S/C8H19N3O2/c1-2-3-4-7(8(12)11-13)10-6-5-9/h7,10,13H,2-6,9H2,1H3,(H,11,12). The van der Waals surface area contributed by atoms with E-state index in [1.165, 1.54) is 0 Å². The number of hydrogen-bond acceptors (Lipinski definition) is 4. The second kappa shape index (κ2) is 7.97. The molecular weight excluding hydrogens is 170 g/mol. The van der Waals surface area contributed by atoms with Gasteiger partial charge in [-0.1, -0.05) is 19.8 Å². The van der Waals surface area contributed by atoms with Gasteiger partial charge in [-0.3, -0.25) is 10.0 Å². The molecule has 5 N–H and O–H groups in total. The molecule has 0 aromatic rings. The molecule has 13 heavy (non-hydrogen) atoms. The molecule has 0 aliphatic carbocycles. The van der Waals surface area contributed by atoms with Crippen molar-refractivity contribution in [3.63, 3.8) is 0 Å². The lowest BCUT2D eigenvalue weighted by Gasteiger charge is -2.15. The normalized spacial score (nSPS) is 12.5. The molecule has 1 amide bonds. The summed E-state index contributed by atoms with van der Waals surface area (Å²) in [5, 5.41) is 11.4. The molecule has 0 aliphatic rings. The van der Waals surface area contributed by atoms with Crippen LogP contribution in [0.5, 0.6) is 0 Å². The van der Waals surface area contributed by atoms with Crippen molar-refractivity contribution in [2.45, 2.75) is 32.2 Å². The van der Waals surface area contributed by atoms with Crippen molar-refractivity contribution in [2.24, 2.45) is 5.73 Å². The zero-order valence-corrected chi connectivity index (χ0v) is 8.05. The van der Waals surface area contributed by atoms with Crippen LogP contribution in [0.15, 0.2) is 0 Å². The molecule has 5 nitrogen and oxygen atoms in total. The number of rotatable bonds is 7. The molecular formula is C8H19N3O2. The van der Waals surface area contributed by atoms with Crippen LogP contribution in [0.25, 0.3) is 0 Å². The number of nitrogens with one attached hydrogen (secondary N) is 2. The molecule has 1 atom stereocenters. The first-order valence-electron chi connectivity index (χ1n) is 4.63. The van der Waals surface area contributed by atoms with Crippen molar-refractivity contribution in [3.8, 4) is 0 Å². The highest BCUT2D eigenvalue weighted by molar-refractivity contribution is 5.80. The van der Waals surface area contributed by atoms with Gasteiger partial charge in [-0.2, -0.15) is 0 Å². The predicted octanol–water partition coefficient (Wildman–Crippen LogP) is -0.401. The average Bonchev–Trinajstić information content (AvgIpc) is 2.17. The average molecular weight is 189 g/mol. The molecule has 0 bridgehead atoms. The maximum Gasteiger partial charge on any atom is 0.260 e. The molecule has 0 radical (unpaired) electrons. The van der Waals surface area contributed by atoms with Crippen molar-refractivity contribution in [1.82, 2.24) is 10.8 Å². The lowest BCUT2D eigenvalue weighted by Crippen LogP contribution is -2.44. The van der Waals surface area contributed by atoms with Crippen molar-refractivity contribution in [1.29, 1.82) is 0 Å². The van der Waals surface area contributed by atoms with Crippen LogP contribution < -0.4 is 16.5 Å². The number of hydroxylamine groups is 1. The van der Waals surface area contributed by atoms with E-state index in [2.05, 4.69) is 12.2 Å². The molecule has 0 aliphatic heterocycles. The van der Waals surface area contributed by atoms with Gasteiger partial charge in [0.2, 0.25) is 0 Å². The van der Waals surface area contributed by atoms with Crippen molar-refractivity contribution < 1.29 is 10.0 Å². The zero-order valence-electron chi connectivity index (χ0n) is 8.05. The van der Waals surface area contributed by atoms with E-state index in [0.717, 1.165) is 19.3 Å². The smallest absolute Gasteiger partial charge is 0.260 e. The Morgan fingerprint density at radius 2 is 2.31 bits per heavy atom. The van der Waals surface area contributed by atoms with Crippen LogP contribution in [0.3, 0.4) is 0 Å². The first-order valence-corrected chi connectivity index (χ1v) is 4.63. The van der Waals surface area contributed by atoms with Crippen molar-refractivity contribution in [2.75, 3.05) is 13.1 Å². The van der Waals surface area contributed by atoms with Crippen LogP contribution in [-0.2, 0) is 4.79 Å². The third-order valence-electron chi connectivity index (χ3n) is 1.81. The number of carbonyl (C=O) groups is 1. The number of carbonyl (C=O) groups excluding carboxylic acids is 1. The molecule has 1 unspecified atom stereocenters. The minimum Gasteiger partial charge on any atom is -0.329 e. The lowest BCUT2D eigenvalue weighted by molar-refractivity contribution is -0.131. The topological polar surface area (TPSA) is 87.4 Å². The molecule has 0 spiro atoms. The monoisotopic (exact) mass is 189 g/mol. The molecule has 5 heteroatoms. The van der Waals surface area contributed by atoms with Crippen LogP contribution in [0, 0.1) is 0 Å². The lowest BCUT2D eigenvalue weighted by atomic mass is 10.1. The number of amides is 1. The maximum absolute atomic E-state index is 11.1. The van der Waals surface area contributed by atoms with Crippen LogP contribution in [0.4, 0.5) is 0 Å². The van der Waals surface area contributed by atoms with Gasteiger partial charge in [-0.25, -0.2) is 5.48 Å². The molecule has 0 aromatic carbocycles. The fourth-order valence-electron chi connectivity index (χ4n) is 1.07. The summed E-state index contributed by atoms with van der Waals surface area (Å²) in [6, 6.07) is -0.325. The van der Waals surface area contributed by atoms with E-state index in [-0.39, 0.29) is 11.9 Å². The van der Waals surface area contributed by atoms with Gasteiger partial charge in [-0.15, -0.1) is 0 Å². The van der Waals surface area contributed by atoms with E-state index >= 15 is 0 Å². The van der Waals surface area contributed by atoms with E-state index in [0.29, 0.717) is 13.1 Å². The zero-order chi connectivity index (χ0) is 10.1.